The minimum absolute atomic E-state index is 0. The van der Waals surface area contributed by atoms with Crippen molar-refractivity contribution in [2.24, 2.45) is 0 Å². The molecular formula is C19H29Cl2N3O3. The molecule has 1 heterocycles. The number of nitrogens with zero attached hydrogens (tertiary/aromatic N) is 2. The van der Waals surface area contributed by atoms with Gasteiger partial charge in [0.25, 0.3) is 0 Å². The first kappa shape index (κ1) is 23.7. The fourth-order valence-electron chi connectivity index (χ4n) is 3.57. The summed E-state index contributed by atoms with van der Waals surface area (Å²) in [5.74, 6) is -0.866. The van der Waals surface area contributed by atoms with Crippen LogP contribution in [0, 0.1) is 13.8 Å². The van der Waals surface area contributed by atoms with Crippen LogP contribution in [0.25, 0.3) is 0 Å². The fraction of sp³-hybridized carbons (Fsp3) is 0.579. The lowest BCUT2D eigenvalue weighted by Crippen LogP contribution is -2.48. The van der Waals surface area contributed by atoms with Gasteiger partial charge in [-0.15, -0.1) is 12.4 Å². The van der Waals surface area contributed by atoms with Crippen LogP contribution in [0.3, 0.4) is 0 Å². The van der Waals surface area contributed by atoms with E-state index in [9.17, 15) is 9.59 Å². The molecule has 8 heteroatoms. The van der Waals surface area contributed by atoms with Gasteiger partial charge in [-0.1, -0.05) is 24.6 Å². The van der Waals surface area contributed by atoms with Gasteiger partial charge in [-0.25, -0.2) is 0 Å². The summed E-state index contributed by atoms with van der Waals surface area (Å²) >= 11 is 6.25. The average Bonchev–Trinajstić information content (AvgIpc) is 2.56. The number of rotatable bonds is 7. The molecule has 1 saturated heterocycles. The van der Waals surface area contributed by atoms with E-state index in [2.05, 4.69) is 10.2 Å². The van der Waals surface area contributed by atoms with E-state index in [1.807, 2.05) is 37.8 Å². The predicted molar refractivity (Wildman–Crippen MR) is 111 cm³/mol. The smallest absolute Gasteiger partial charge is 0.317 e. The topological polar surface area (TPSA) is 72.9 Å². The van der Waals surface area contributed by atoms with Crippen LogP contribution in [-0.2, 0) is 9.59 Å². The molecule has 0 saturated carbocycles. The predicted octanol–water partition coefficient (Wildman–Crippen LogP) is 3.19. The first-order chi connectivity index (χ1) is 12.3. The molecule has 1 fully saturated rings. The molecule has 1 aliphatic heterocycles. The zero-order valence-electron chi connectivity index (χ0n) is 16.1. The van der Waals surface area contributed by atoms with E-state index < -0.39 is 5.97 Å². The summed E-state index contributed by atoms with van der Waals surface area (Å²) < 4.78 is 0. The van der Waals surface area contributed by atoms with Crippen molar-refractivity contribution in [3.63, 3.8) is 0 Å². The standard InChI is InChI=1S/C19H28ClN3O3.ClH/c1-4-23(12-18(25)26)15-5-7-22(8-6-15)11-17(24)21-19-14(3)9-13(2)10-16(19)20;/h9-10,15H,4-8,11-12H2,1-3H3,(H,21,24)(H,25,26);1H. The summed E-state index contributed by atoms with van der Waals surface area (Å²) in [6.07, 6.45) is 1.75. The molecule has 6 nitrogen and oxygen atoms in total. The first-order valence-corrected chi connectivity index (χ1v) is 9.42. The van der Waals surface area contributed by atoms with E-state index in [0.717, 1.165) is 43.6 Å². The number of piperidine rings is 1. The molecule has 1 aromatic carbocycles. The van der Waals surface area contributed by atoms with Crippen molar-refractivity contribution in [1.29, 1.82) is 0 Å². The van der Waals surface area contributed by atoms with Gasteiger partial charge in [0.15, 0.2) is 0 Å². The highest BCUT2D eigenvalue weighted by molar-refractivity contribution is 6.34. The Balaban J connectivity index is 0.00000364. The number of aliphatic carboxylic acids is 1. The van der Waals surface area contributed by atoms with Gasteiger partial charge >= 0.3 is 5.97 Å². The molecule has 1 amide bonds. The molecule has 1 aromatic rings. The summed E-state index contributed by atoms with van der Waals surface area (Å²) in [6.45, 7) is 8.58. The molecule has 1 aliphatic rings. The first-order valence-electron chi connectivity index (χ1n) is 9.05. The average molecular weight is 418 g/mol. The molecule has 0 atom stereocenters. The van der Waals surface area contributed by atoms with Gasteiger partial charge < -0.3 is 10.4 Å². The largest absolute Gasteiger partial charge is 0.480 e. The molecule has 2 N–H and O–H groups in total. The van der Waals surface area contributed by atoms with Crippen LogP contribution in [0.5, 0.6) is 0 Å². The van der Waals surface area contributed by atoms with E-state index >= 15 is 0 Å². The van der Waals surface area contributed by atoms with Crippen LogP contribution in [-0.4, -0.2) is 65.5 Å². The maximum Gasteiger partial charge on any atom is 0.317 e. The number of aryl methyl sites for hydroxylation is 2. The van der Waals surface area contributed by atoms with Crippen LogP contribution in [0.15, 0.2) is 12.1 Å². The Kier molecular flexibility index (Phi) is 9.53. The zero-order chi connectivity index (χ0) is 19.3. The third kappa shape index (κ3) is 6.96. The lowest BCUT2D eigenvalue weighted by atomic mass is 10.0. The van der Waals surface area contributed by atoms with Gasteiger partial charge in [0.05, 0.1) is 23.8 Å². The number of benzene rings is 1. The fourth-order valence-corrected chi connectivity index (χ4v) is 3.94. The van der Waals surface area contributed by atoms with Crippen LogP contribution >= 0.6 is 24.0 Å². The summed E-state index contributed by atoms with van der Waals surface area (Å²) in [7, 11) is 0. The number of likely N-dealkylation sites (N-methyl/N-ethyl adjacent to an activating group) is 1. The van der Waals surface area contributed by atoms with Crippen molar-refractivity contribution in [2.45, 2.75) is 39.7 Å². The Hall–Kier alpha value is -1.34. The van der Waals surface area contributed by atoms with Gasteiger partial charge in [-0.2, -0.15) is 0 Å². The lowest BCUT2D eigenvalue weighted by molar-refractivity contribution is -0.139. The highest BCUT2D eigenvalue weighted by Gasteiger charge is 2.26. The van der Waals surface area contributed by atoms with E-state index in [-0.39, 0.29) is 30.9 Å². The van der Waals surface area contributed by atoms with Gasteiger partial charge in [-0.3, -0.25) is 19.4 Å². The Morgan fingerprint density at radius 3 is 2.44 bits per heavy atom. The van der Waals surface area contributed by atoms with E-state index in [1.54, 1.807) is 0 Å². The number of carbonyl (C=O) groups excluding carboxylic acids is 1. The number of carboxylic acid groups (broad SMARTS) is 1. The second-order valence-electron chi connectivity index (χ2n) is 6.95. The molecule has 0 spiro atoms. The number of nitrogens with one attached hydrogen (secondary N) is 1. The van der Waals surface area contributed by atoms with E-state index in [1.165, 1.54) is 0 Å². The highest BCUT2D eigenvalue weighted by atomic mass is 35.5. The lowest BCUT2D eigenvalue weighted by Gasteiger charge is -2.37. The number of carbonyl (C=O) groups is 2. The van der Waals surface area contributed by atoms with Crippen molar-refractivity contribution in [2.75, 3.05) is 38.0 Å². The Morgan fingerprint density at radius 1 is 1.30 bits per heavy atom. The highest BCUT2D eigenvalue weighted by Crippen LogP contribution is 2.27. The van der Waals surface area contributed by atoms with Crippen molar-refractivity contribution < 1.29 is 14.7 Å². The minimum Gasteiger partial charge on any atom is -0.480 e. The number of hydrogen-bond acceptors (Lipinski definition) is 4. The summed E-state index contributed by atoms with van der Waals surface area (Å²) in [5, 5.41) is 12.5. The van der Waals surface area contributed by atoms with Crippen LogP contribution in [0.1, 0.15) is 30.9 Å². The summed E-state index contributed by atoms with van der Waals surface area (Å²) in [4.78, 5) is 27.4. The minimum atomic E-state index is -0.793. The molecule has 0 unspecified atom stereocenters. The molecule has 0 bridgehead atoms. The van der Waals surface area contributed by atoms with Crippen LogP contribution < -0.4 is 5.32 Å². The van der Waals surface area contributed by atoms with Gasteiger partial charge in [-0.05, 0) is 50.4 Å². The second kappa shape index (κ2) is 10.9. The van der Waals surface area contributed by atoms with E-state index in [4.69, 9.17) is 16.7 Å². The van der Waals surface area contributed by atoms with Gasteiger partial charge in [0, 0.05) is 19.1 Å². The number of halogens is 2. The summed E-state index contributed by atoms with van der Waals surface area (Å²) in [6, 6.07) is 4.11. The van der Waals surface area contributed by atoms with Crippen LogP contribution in [0.4, 0.5) is 5.69 Å². The Labute approximate surface area is 172 Å². The molecule has 0 aromatic heterocycles. The maximum atomic E-state index is 12.4. The SMILES string of the molecule is CCN(CC(=O)O)C1CCN(CC(=O)Nc2c(C)cc(C)cc2Cl)CC1.Cl. The monoisotopic (exact) mass is 417 g/mol. The zero-order valence-corrected chi connectivity index (χ0v) is 17.7. The summed E-state index contributed by atoms with van der Waals surface area (Å²) in [5.41, 5.74) is 2.69. The normalized spacial score (nSPS) is 15.4. The van der Waals surface area contributed by atoms with Gasteiger partial charge in [0.1, 0.15) is 0 Å². The molecule has 0 radical (unpaired) electrons. The quantitative estimate of drug-likeness (QED) is 0.712. The van der Waals surface area contributed by atoms with Crippen molar-refractivity contribution >= 4 is 41.6 Å². The number of anilines is 1. The molecule has 152 valence electrons. The molecule has 0 aliphatic carbocycles. The number of carboxylic acids is 1. The van der Waals surface area contributed by atoms with E-state index in [0.29, 0.717) is 17.3 Å². The Morgan fingerprint density at radius 2 is 1.93 bits per heavy atom. The third-order valence-electron chi connectivity index (χ3n) is 4.88. The Bertz CT molecular complexity index is 639. The van der Waals surface area contributed by atoms with Crippen molar-refractivity contribution in [1.82, 2.24) is 9.80 Å². The molecule has 27 heavy (non-hydrogen) atoms. The second-order valence-corrected chi connectivity index (χ2v) is 7.36. The van der Waals surface area contributed by atoms with Gasteiger partial charge in [0.2, 0.25) is 5.91 Å². The maximum absolute atomic E-state index is 12.4. The third-order valence-corrected chi connectivity index (χ3v) is 5.18. The number of likely N-dealkylation sites (tertiary alicyclic amines) is 1. The number of hydrogen-bond donors (Lipinski definition) is 2. The van der Waals surface area contributed by atoms with Crippen molar-refractivity contribution in [3.8, 4) is 0 Å². The van der Waals surface area contributed by atoms with Crippen molar-refractivity contribution in [3.05, 3.63) is 28.3 Å². The van der Waals surface area contributed by atoms with Crippen LogP contribution in [0.2, 0.25) is 5.02 Å². The molecule has 2 rings (SSSR count). The molecular weight excluding hydrogens is 389 g/mol. The number of amides is 1.